The standard InChI is InChI=1S/C20H12ClNO5/c21-16-5-1-2-6-17(16)27-20(25)12-7-8-14-15(10-12)19(24)22(18(14)23)11-13-4-3-9-26-13/h1-10H,11H2. The van der Waals surface area contributed by atoms with Crippen LogP contribution in [0.1, 0.15) is 36.8 Å². The minimum Gasteiger partial charge on any atom is -0.467 e. The molecule has 2 heterocycles. The molecule has 0 fully saturated rings. The van der Waals surface area contributed by atoms with Crippen molar-refractivity contribution in [1.82, 2.24) is 4.90 Å². The molecule has 2 amide bonds. The van der Waals surface area contributed by atoms with Crippen molar-refractivity contribution in [3.63, 3.8) is 0 Å². The Morgan fingerprint density at radius 1 is 1.00 bits per heavy atom. The Bertz CT molecular complexity index is 1060. The predicted molar refractivity (Wildman–Crippen MR) is 95.8 cm³/mol. The quantitative estimate of drug-likeness (QED) is 0.388. The van der Waals surface area contributed by atoms with Crippen LogP contribution in [0, 0.1) is 0 Å². The van der Waals surface area contributed by atoms with Gasteiger partial charge in [-0.3, -0.25) is 14.5 Å². The van der Waals surface area contributed by atoms with Crippen LogP contribution in [0.3, 0.4) is 0 Å². The number of ether oxygens (including phenoxy) is 1. The first-order chi connectivity index (χ1) is 13.0. The van der Waals surface area contributed by atoms with Crippen LogP contribution in [0.4, 0.5) is 0 Å². The number of rotatable bonds is 4. The molecule has 7 heteroatoms. The molecule has 0 atom stereocenters. The number of fused-ring (bicyclic) bond motifs is 1. The third-order valence-electron chi connectivity index (χ3n) is 4.14. The number of furan rings is 1. The fourth-order valence-electron chi connectivity index (χ4n) is 2.81. The van der Waals surface area contributed by atoms with Gasteiger partial charge in [-0.1, -0.05) is 23.7 Å². The maximum atomic E-state index is 12.6. The second-order valence-corrected chi connectivity index (χ2v) is 6.26. The van der Waals surface area contributed by atoms with Crippen LogP contribution in [0.5, 0.6) is 5.75 Å². The number of esters is 1. The number of imide groups is 1. The van der Waals surface area contributed by atoms with Gasteiger partial charge in [-0.2, -0.15) is 0 Å². The number of carbonyl (C=O) groups is 3. The summed E-state index contributed by atoms with van der Waals surface area (Å²) < 4.78 is 10.5. The van der Waals surface area contributed by atoms with Gasteiger partial charge < -0.3 is 9.15 Å². The van der Waals surface area contributed by atoms with E-state index in [-0.39, 0.29) is 29.0 Å². The van der Waals surface area contributed by atoms with E-state index in [1.165, 1.54) is 24.5 Å². The summed E-state index contributed by atoms with van der Waals surface area (Å²) >= 11 is 5.99. The maximum absolute atomic E-state index is 12.6. The van der Waals surface area contributed by atoms with Gasteiger partial charge in [0.25, 0.3) is 11.8 Å². The van der Waals surface area contributed by atoms with Crippen molar-refractivity contribution in [2.24, 2.45) is 0 Å². The lowest BCUT2D eigenvalue weighted by atomic mass is 10.1. The molecule has 0 spiro atoms. The summed E-state index contributed by atoms with van der Waals surface area (Å²) in [6, 6.07) is 14.2. The zero-order chi connectivity index (χ0) is 19.0. The van der Waals surface area contributed by atoms with Crippen molar-refractivity contribution in [1.29, 1.82) is 0 Å². The van der Waals surface area contributed by atoms with Gasteiger partial charge in [-0.15, -0.1) is 0 Å². The van der Waals surface area contributed by atoms with E-state index < -0.39 is 17.8 Å². The second kappa shape index (κ2) is 6.74. The highest BCUT2D eigenvalue weighted by molar-refractivity contribution is 6.32. The van der Waals surface area contributed by atoms with E-state index in [2.05, 4.69) is 0 Å². The van der Waals surface area contributed by atoms with Gasteiger partial charge in [0.15, 0.2) is 0 Å². The molecule has 134 valence electrons. The largest absolute Gasteiger partial charge is 0.467 e. The molecule has 27 heavy (non-hydrogen) atoms. The molecule has 3 aromatic rings. The van der Waals surface area contributed by atoms with Gasteiger partial charge in [0, 0.05) is 0 Å². The molecular weight excluding hydrogens is 370 g/mol. The number of benzene rings is 2. The summed E-state index contributed by atoms with van der Waals surface area (Å²) in [6.45, 7) is 0.0265. The number of para-hydroxylation sites is 1. The van der Waals surface area contributed by atoms with Gasteiger partial charge in [-0.05, 0) is 42.5 Å². The fraction of sp³-hybridized carbons (Fsp3) is 0.0500. The van der Waals surface area contributed by atoms with Crippen molar-refractivity contribution in [3.8, 4) is 5.75 Å². The molecule has 0 aliphatic carbocycles. The zero-order valence-electron chi connectivity index (χ0n) is 13.8. The second-order valence-electron chi connectivity index (χ2n) is 5.86. The zero-order valence-corrected chi connectivity index (χ0v) is 14.6. The first-order valence-electron chi connectivity index (χ1n) is 8.04. The summed E-state index contributed by atoms with van der Waals surface area (Å²) in [5.41, 5.74) is 0.538. The third-order valence-corrected chi connectivity index (χ3v) is 4.45. The molecular formula is C20H12ClNO5. The average Bonchev–Trinajstić information content (AvgIpc) is 3.26. The van der Waals surface area contributed by atoms with E-state index in [4.69, 9.17) is 20.8 Å². The van der Waals surface area contributed by atoms with E-state index in [9.17, 15) is 14.4 Å². The number of hydrogen-bond donors (Lipinski definition) is 0. The van der Waals surface area contributed by atoms with Gasteiger partial charge >= 0.3 is 5.97 Å². The molecule has 0 radical (unpaired) electrons. The highest BCUT2D eigenvalue weighted by Crippen LogP contribution is 2.28. The fourth-order valence-corrected chi connectivity index (χ4v) is 2.98. The van der Waals surface area contributed by atoms with Crippen molar-refractivity contribution in [3.05, 3.63) is 88.3 Å². The molecule has 4 rings (SSSR count). The highest BCUT2D eigenvalue weighted by Gasteiger charge is 2.36. The molecule has 0 saturated carbocycles. The monoisotopic (exact) mass is 381 g/mol. The van der Waals surface area contributed by atoms with Crippen LogP contribution in [0.15, 0.2) is 65.3 Å². The van der Waals surface area contributed by atoms with E-state index >= 15 is 0 Å². The Morgan fingerprint density at radius 2 is 1.78 bits per heavy atom. The Balaban J connectivity index is 1.59. The molecule has 0 bridgehead atoms. The summed E-state index contributed by atoms with van der Waals surface area (Å²) in [4.78, 5) is 38.6. The van der Waals surface area contributed by atoms with Gasteiger partial charge in [0.05, 0.1) is 34.5 Å². The SMILES string of the molecule is O=C(Oc1ccccc1Cl)c1ccc2c(c1)C(=O)N(Cc1ccco1)C2=O. The normalized spacial score (nSPS) is 13.0. The Labute approximate surface area is 158 Å². The van der Waals surface area contributed by atoms with Crippen molar-refractivity contribution >= 4 is 29.4 Å². The number of carbonyl (C=O) groups excluding carboxylic acids is 3. The van der Waals surface area contributed by atoms with E-state index in [1.54, 1.807) is 36.4 Å². The maximum Gasteiger partial charge on any atom is 0.343 e. The first-order valence-corrected chi connectivity index (χ1v) is 8.42. The average molecular weight is 382 g/mol. The lowest BCUT2D eigenvalue weighted by Gasteiger charge is -2.11. The summed E-state index contributed by atoms with van der Waals surface area (Å²) in [6.07, 6.45) is 1.47. The minimum atomic E-state index is -0.671. The summed E-state index contributed by atoms with van der Waals surface area (Å²) in [5.74, 6) is -0.888. The van der Waals surface area contributed by atoms with Gasteiger partial charge in [-0.25, -0.2) is 4.79 Å². The number of nitrogens with zero attached hydrogens (tertiary/aromatic N) is 1. The Morgan fingerprint density at radius 3 is 2.52 bits per heavy atom. The van der Waals surface area contributed by atoms with Crippen LogP contribution in [-0.4, -0.2) is 22.7 Å². The number of hydrogen-bond acceptors (Lipinski definition) is 5. The van der Waals surface area contributed by atoms with Crippen LogP contribution < -0.4 is 4.74 Å². The van der Waals surface area contributed by atoms with Crippen LogP contribution >= 0.6 is 11.6 Å². The van der Waals surface area contributed by atoms with Crippen molar-refractivity contribution in [2.45, 2.75) is 6.54 Å². The van der Waals surface area contributed by atoms with Gasteiger partial charge in [0.2, 0.25) is 0 Å². The molecule has 2 aromatic carbocycles. The van der Waals surface area contributed by atoms with Crippen LogP contribution in [-0.2, 0) is 6.54 Å². The van der Waals surface area contributed by atoms with Crippen molar-refractivity contribution < 1.29 is 23.5 Å². The number of halogens is 1. The lowest BCUT2D eigenvalue weighted by molar-refractivity contribution is 0.0631. The Kier molecular flexibility index (Phi) is 4.25. The van der Waals surface area contributed by atoms with Crippen molar-refractivity contribution in [2.75, 3.05) is 0 Å². The molecule has 1 aliphatic rings. The number of amides is 2. The molecule has 0 saturated heterocycles. The minimum absolute atomic E-state index is 0.0265. The van der Waals surface area contributed by atoms with E-state index in [0.717, 1.165) is 4.90 Å². The predicted octanol–water partition coefficient (Wildman–Crippen LogP) is 3.95. The van der Waals surface area contributed by atoms with Crippen LogP contribution in [0.25, 0.3) is 0 Å². The highest BCUT2D eigenvalue weighted by atomic mass is 35.5. The molecule has 0 N–H and O–H groups in total. The first kappa shape index (κ1) is 17.1. The molecule has 6 nitrogen and oxygen atoms in total. The Hall–Kier alpha value is -3.38. The smallest absolute Gasteiger partial charge is 0.343 e. The van der Waals surface area contributed by atoms with E-state index in [1.807, 2.05) is 0 Å². The summed E-state index contributed by atoms with van der Waals surface area (Å²) in [7, 11) is 0. The summed E-state index contributed by atoms with van der Waals surface area (Å²) in [5, 5.41) is 0.294. The molecule has 1 aromatic heterocycles. The lowest BCUT2D eigenvalue weighted by Crippen LogP contribution is -2.28. The molecule has 1 aliphatic heterocycles. The van der Waals surface area contributed by atoms with Gasteiger partial charge in [0.1, 0.15) is 11.5 Å². The van der Waals surface area contributed by atoms with E-state index in [0.29, 0.717) is 10.8 Å². The third kappa shape index (κ3) is 3.11. The van der Waals surface area contributed by atoms with Crippen LogP contribution in [0.2, 0.25) is 5.02 Å². The topological polar surface area (TPSA) is 76.8 Å². The molecule has 0 unspecified atom stereocenters.